The van der Waals surface area contributed by atoms with E-state index >= 15 is 0 Å². The van der Waals surface area contributed by atoms with Gasteiger partial charge < -0.3 is 20.1 Å². The van der Waals surface area contributed by atoms with Gasteiger partial charge in [0.05, 0.1) is 12.6 Å². The number of aromatic nitrogens is 2. The van der Waals surface area contributed by atoms with Gasteiger partial charge >= 0.3 is 0 Å². The van der Waals surface area contributed by atoms with Gasteiger partial charge in [0.2, 0.25) is 0 Å². The normalized spacial score (nSPS) is 24.5. The first-order chi connectivity index (χ1) is 11.2. The number of H-pyrrole nitrogens is 1. The molecule has 2 aromatic rings. The average molecular weight is 319 g/mol. The number of nitrogens with zero attached hydrogens (tertiary/aromatic N) is 1. The van der Waals surface area contributed by atoms with Crippen LogP contribution in [-0.4, -0.2) is 33.8 Å². The quantitative estimate of drug-likeness (QED) is 0.764. The summed E-state index contributed by atoms with van der Waals surface area (Å²) >= 11 is 0. The van der Waals surface area contributed by atoms with Gasteiger partial charge in [0.25, 0.3) is 0 Å². The molecular weight excluding hydrogens is 297 g/mol. The summed E-state index contributed by atoms with van der Waals surface area (Å²) < 4.78 is 18.8. The van der Waals surface area contributed by atoms with Crippen LogP contribution in [0.3, 0.4) is 0 Å². The molecule has 1 aliphatic rings. The summed E-state index contributed by atoms with van der Waals surface area (Å²) in [7, 11) is 0. The SMILES string of the molecule is O[C@@H]1[C@@H](CNCc2ncc[nH]2)CCC[C@H]1Oc1ccc(F)cc1. The maximum absolute atomic E-state index is 12.9. The molecule has 3 N–H and O–H groups in total. The lowest BCUT2D eigenvalue weighted by Crippen LogP contribution is -2.44. The van der Waals surface area contributed by atoms with E-state index in [-0.39, 0.29) is 17.8 Å². The minimum atomic E-state index is -0.530. The Hall–Kier alpha value is -1.92. The number of ether oxygens (including phenoxy) is 1. The fraction of sp³-hybridized carbons (Fsp3) is 0.471. The van der Waals surface area contributed by atoms with E-state index in [1.165, 1.54) is 12.1 Å². The van der Waals surface area contributed by atoms with E-state index in [0.717, 1.165) is 25.1 Å². The number of halogens is 1. The van der Waals surface area contributed by atoms with E-state index in [4.69, 9.17) is 4.74 Å². The predicted molar refractivity (Wildman–Crippen MR) is 84.5 cm³/mol. The van der Waals surface area contributed by atoms with Crippen molar-refractivity contribution in [2.75, 3.05) is 6.54 Å². The number of aliphatic hydroxyl groups is 1. The molecule has 0 amide bonds. The van der Waals surface area contributed by atoms with Gasteiger partial charge in [0.15, 0.2) is 0 Å². The third-order valence-corrected chi connectivity index (χ3v) is 4.28. The van der Waals surface area contributed by atoms with Crippen molar-refractivity contribution in [3.8, 4) is 5.75 Å². The van der Waals surface area contributed by atoms with E-state index in [1.54, 1.807) is 24.5 Å². The second-order valence-electron chi connectivity index (χ2n) is 5.96. The third-order valence-electron chi connectivity index (χ3n) is 4.28. The van der Waals surface area contributed by atoms with E-state index in [2.05, 4.69) is 15.3 Å². The van der Waals surface area contributed by atoms with Crippen LogP contribution in [0.4, 0.5) is 4.39 Å². The Morgan fingerprint density at radius 3 is 2.87 bits per heavy atom. The first kappa shape index (κ1) is 16.0. The summed E-state index contributed by atoms with van der Waals surface area (Å²) in [6.45, 7) is 1.37. The lowest BCUT2D eigenvalue weighted by Gasteiger charge is -2.35. The number of aliphatic hydroxyl groups excluding tert-OH is 1. The maximum Gasteiger partial charge on any atom is 0.125 e. The van der Waals surface area contributed by atoms with Crippen LogP contribution in [0.25, 0.3) is 0 Å². The van der Waals surface area contributed by atoms with Crippen LogP contribution in [-0.2, 0) is 6.54 Å². The summed E-state index contributed by atoms with van der Waals surface area (Å²) in [6.07, 6.45) is 5.53. The highest BCUT2D eigenvalue weighted by molar-refractivity contribution is 5.22. The molecule has 0 unspecified atom stereocenters. The minimum absolute atomic E-state index is 0.143. The summed E-state index contributed by atoms with van der Waals surface area (Å²) in [5, 5.41) is 13.9. The van der Waals surface area contributed by atoms with Gasteiger partial charge in [-0.05, 0) is 43.5 Å². The zero-order valence-corrected chi connectivity index (χ0v) is 12.9. The summed E-state index contributed by atoms with van der Waals surface area (Å²) in [5.41, 5.74) is 0. The van der Waals surface area contributed by atoms with Crippen molar-refractivity contribution in [3.63, 3.8) is 0 Å². The van der Waals surface area contributed by atoms with Gasteiger partial charge in [-0.25, -0.2) is 9.37 Å². The van der Waals surface area contributed by atoms with Crippen LogP contribution in [0.15, 0.2) is 36.7 Å². The molecule has 124 valence electrons. The van der Waals surface area contributed by atoms with E-state index in [1.807, 2.05) is 0 Å². The summed E-state index contributed by atoms with van der Waals surface area (Å²) in [5.74, 6) is 1.33. The molecule has 0 spiro atoms. The molecule has 3 atom stereocenters. The maximum atomic E-state index is 12.9. The molecule has 1 heterocycles. The van der Waals surface area contributed by atoms with Gasteiger partial charge in [-0.1, -0.05) is 0 Å². The Labute approximate surface area is 134 Å². The van der Waals surface area contributed by atoms with E-state index in [0.29, 0.717) is 18.8 Å². The van der Waals surface area contributed by atoms with Crippen LogP contribution >= 0.6 is 0 Å². The van der Waals surface area contributed by atoms with Gasteiger partial charge in [0.1, 0.15) is 23.5 Å². The fourth-order valence-electron chi connectivity index (χ4n) is 3.04. The van der Waals surface area contributed by atoms with Crippen LogP contribution in [0.1, 0.15) is 25.1 Å². The lowest BCUT2D eigenvalue weighted by atomic mass is 9.84. The zero-order chi connectivity index (χ0) is 16.1. The molecule has 1 aliphatic carbocycles. The first-order valence-corrected chi connectivity index (χ1v) is 8.01. The van der Waals surface area contributed by atoms with Crippen molar-refractivity contribution >= 4 is 0 Å². The molecule has 6 heteroatoms. The Morgan fingerprint density at radius 2 is 2.13 bits per heavy atom. The smallest absolute Gasteiger partial charge is 0.125 e. The highest BCUT2D eigenvalue weighted by Crippen LogP contribution is 2.28. The molecule has 1 aromatic carbocycles. The van der Waals surface area contributed by atoms with E-state index in [9.17, 15) is 9.50 Å². The van der Waals surface area contributed by atoms with E-state index < -0.39 is 6.10 Å². The van der Waals surface area contributed by atoms with Crippen molar-refractivity contribution in [2.24, 2.45) is 5.92 Å². The van der Waals surface area contributed by atoms with Crippen LogP contribution in [0, 0.1) is 11.7 Å². The third kappa shape index (κ3) is 4.30. The van der Waals surface area contributed by atoms with Crippen LogP contribution in [0.2, 0.25) is 0 Å². The number of hydrogen-bond donors (Lipinski definition) is 3. The number of imidazole rings is 1. The number of nitrogens with one attached hydrogen (secondary N) is 2. The van der Waals surface area contributed by atoms with Crippen LogP contribution < -0.4 is 10.1 Å². The summed E-state index contributed by atoms with van der Waals surface area (Å²) in [6, 6.07) is 5.93. The number of hydrogen-bond acceptors (Lipinski definition) is 4. The predicted octanol–water partition coefficient (Wildman–Crippen LogP) is 2.25. The number of benzene rings is 1. The number of aromatic amines is 1. The Kier molecular flexibility index (Phi) is 5.25. The second kappa shape index (κ2) is 7.57. The molecule has 5 nitrogen and oxygen atoms in total. The molecule has 1 fully saturated rings. The summed E-state index contributed by atoms with van der Waals surface area (Å²) in [4.78, 5) is 7.20. The topological polar surface area (TPSA) is 70.2 Å². The van der Waals surface area contributed by atoms with Gasteiger partial charge in [-0.15, -0.1) is 0 Å². The first-order valence-electron chi connectivity index (χ1n) is 8.01. The lowest BCUT2D eigenvalue weighted by molar-refractivity contribution is -0.0306. The fourth-order valence-corrected chi connectivity index (χ4v) is 3.04. The van der Waals surface area contributed by atoms with Gasteiger partial charge in [-0.3, -0.25) is 0 Å². The number of rotatable bonds is 6. The van der Waals surface area contributed by atoms with Crippen molar-refractivity contribution in [1.29, 1.82) is 0 Å². The Bertz CT molecular complexity index is 588. The zero-order valence-electron chi connectivity index (χ0n) is 12.9. The van der Waals surface area contributed by atoms with Crippen molar-refractivity contribution < 1.29 is 14.2 Å². The highest BCUT2D eigenvalue weighted by atomic mass is 19.1. The monoisotopic (exact) mass is 319 g/mol. The Morgan fingerprint density at radius 1 is 1.30 bits per heavy atom. The molecule has 0 bridgehead atoms. The molecule has 0 radical (unpaired) electrons. The van der Waals surface area contributed by atoms with Crippen molar-refractivity contribution in [1.82, 2.24) is 15.3 Å². The average Bonchev–Trinajstić information content (AvgIpc) is 3.06. The molecule has 0 aliphatic heterocycles. The largest absolute Gasteiger partial charge is 0.488 e. The van der Waals surface area contributed by atoms with Gasteiger partial charge in [-0.2, -0.15) is 0 Å². The second-order valence-corrected chi connectivity index (χ2v) is 5.96. The standard InChI is InChI=1S/C17H22FN3O2/c18-13-4-6-14(7-5-13)23-15-3-1-2-12(17(15)22)10-19-11-16-20-8-9-21-16/h4-9,12,15,17,19,22H,1-3,10-11H2,(H,20,21)/t12-,15-,17-/m1/s1. The van der Waals surface area contributed by atoms with Crippen molar-refractivity contribution in [3.05, 3.63) is 48.3 Å². The van der Waals surface area contributed by atoms with Crippen molar-refractivity contribution in [2.45, 2.75) is 38.0 Å². The molecule has 23 heavy (non-hydrogen) atoms. The molecule has 3 rings (SSSR count). The Balaban J connectivity index is 1.51. The molecular formula is C17H22FN3O2. The van der Waals surface area contributed by atoms with Crippen LogP contribution in [0.5, 0.6) is 5.75 Å². The van der Waals surface area contributed by atoms with Gasteiger partial charge in [0, 0.05) is 24.9 Å². The molecule has 1 aromatic heterocycles. The highest BCUT2D eigenvalue weighted by Gasteiger charge is 2.33. The molecule has 1 saturated carbocycles. The minimum Gasteiger partial charge on any atom is -0.488 e. The molecule has 0 saturated heterocycles.